The van der Waals surface area contributed by atoms with E-state index in [1.54, 1.807) is 0 Å². The fourth-order valence-electron chi connectivity index (χ4n) is 1.32. The van der Waals surface area contributed by atoms with Crippen LogP contribution >= 0.6 is 15.9 Å². The summed E-state index contributed by atoms with van der Waals surface area (Å²) in [6.07, 6.45) is 0. The van der Waals surface area contributed by atoms with Gasteiger partial charge in [-0.05, 0) is 25.1 Å². The largest absolute Gasteiger partial charge is 0.478 e. The number of hydrogen-bond donors (Lipinski definition) is 2. The second kappa shape index (κ2) is 6.23. The van der Waals surface area contributed by atoms with Gasteiger partial charge in [-0.2, -0.15) is 0 Å². The lowest BCUT2D eigenvalue weighted by atomic mass is 10.2. The van der Waals surface area contributed by atoms with Gasteiger partial charge in [0.25, 0.3) is 0 Å². The maximum Gasteiger partial charge on any atom is 0.337 e. The molecule has 0 radical (unpaired) electrons. The number of sulfonamides is 1. The molecular formula is C11H12BrNO6S. The molecule has 0 fully saturated rings. The Labute approximate surface area is 124 Å². The van der Waals surface area contributed by atoms with Gasteiger partial charge in [-0.1, -0.05) is 15.9 Å². The van der Waals surface area contributed by atoms with Crippen LogP contribution in [0, 0.1) is 0 Å². The lowest BCUT2D eigenvalue weighted by molar-refractivity contribution is -0.139. The fraction of sp³-hybridized carbons (Fsp3) is 0.273. The number of rotatable bonds is 5. The van der Waals surface area contributed by atoms with Gasteiger partial charge in [0.2, 0.25) is 10.0 Å². The lowest BCUT2D eigenvalue weighted by Crippen LogP contribution is -2.33. The molecule has 0 amide bonds. The highest BCUT2D eigenvalue weighted by Gasteiger charge is 2.30. The average molecular weight is 366 g/mol. The van der Waals surface area contributed by atoms with Crippen LogP contribution < -0.4 is 4.72 Å². The molecule has 1 unspecified atom stereocenters. The molecule has 20 heavy (non-hydrogen) atoms. The van der Waals surface area contributed by atoms with Gasteiger partial charge in [-0.25, -0.2) is 13.2 Å². The van der Waals surface area contributed by atoms with E-state index in [4.69, 9.17) is 5.11 Å². The van der Waals surface area contributed by atoms with Crippen molar-refractivity contribution >= 4 is 43.6 Å². The van der Waals surface area contributed by atoms with E-state index in [-0.39, 0.29) is 11.3 Å². The molecular weight excluding hydrogens is 354 g/mol. The van der Waals surface area contributed by atoms with Crippen LogP contribution in [0.3, 0.4) is 0 Å². The summed E-state index contributed by atoms with van der Waals surface area (Å²) >= 11 is 3.11. The van der Waals surface area contributed by atoms with Crippen LogP contribution in [0.4, 0.5) is 5.69 Å². The van der Waals surface area contributed by atoms with E-state index in [0.29, 0.717) is 4.47 Å². The second-order valence-corrected chi connectivity index (χ2v) is 6.72. The zero-order valence-electron chi connectivity index (χ0n) is 10.6. The van der Waals surface area contributed by atoms with E-state index < -0.39 is 27.2 Å². The first kappa shape index (κ1) is 16.4. The molecule has 0 aliphatic rings. The number of benzene rings is 1. The Morgan fingerprint density at radius 3 is 2.50 bits per heavy atom. The van der Waals surface area contributed by atoms with Gasteiger partial charge in [0.1, 0.15) is 0 Å². The van der Waals surface area contributed by atoms with Crippen molar-refractivity contribution in [3.8, 4) is 0 Å². The molecule has 0 spiro atoms. The topological polar surface area (TPSA) is 110 Å². The number of hydrogen-bond acceptors (Lipinski definition) is 5. The van der Waals surface area contributed by atoms with E-state index in [9.17, 15) is 18.0 Å². The van der Waals surface area contributed by atoms with Crippen molar-refractivity contribution in [1.29, 1.82) is 0 Å². The number of carbonyl (C=O) groups is 2. The predicted molar refractivity (Wildman–Crippen MR) is 75.1 cm³/mol. The number of carboxylic acids is 1. The van der Waals surface area contributed by atoms with Gasteiger partial charge in [0, 0.05) is 4.47 Å². The molecule has 0 aliphatic heterocycles. The number of carbonyl (C=O) groups excluding carboxylic acids is 1. The third-order valence-electron chi connectivity index (χ3n) is 2.46. The highest BCUT2D eigenvalue weighted by molar-refractivity contribution is 9.10. The molecule has 9 heteroatoms. The Balaban J connectivity index is 3.18. The third kappa shape index (κ3) is 3.70. The van der Waals surface area contributed by atoms with Crippen LogP contribution in [0.15, 0.2) is 22.7 Å². The minimum atomic E-state index is -4.11. The minimum absolute atomic E-state index is 0.136. The fourth-order valence-corrected chi connectivity index (χ4v) is 2.68. The maximum absolute atomic E-state index is 12.0. The second-order valence-electron chi connectivity index (χ2n) is 3.81. The standard InChI is InChI=1S/C11H12BrNO6S/c1-6(11(16)19-2)20(17,18)13-9-5-7(12)3-4-8(9)10(14)15/h3-6,13H,1-2H3,(H,14,15). The summed E-state index contributed by atoms with van der Waals surface area (Å²) in [6, 6.07) is 4.00. The molecule has 110 valence electrons. The normalized spacial score (nSPS) is 12.6. The van der Waals surface area contributed by atoms with Crippen molar-refractivity contribution in [3.05, 3.63) is 28.2 Å². The van der Waals surface area contributed by atoms with Crippen molar-refractivity contribution in [1.82, 2.24) is 0 Å². The highest BCUT2D eigenvalue weighted by Crippen LogP contribution is 2.23. The Hall–Kier alpha value is -1.61. The summed E-state index contributed by atoms with van der Waals surface area (Å²) in [4.78, 5) is 22.3. The van der Waals surface area contributed by atoms with E-state index in [1.807, 2.05) is 0 Å². The molecule has 1 aromatic rings. The zero-order chi connectivity index (χ0) is 15.5. The van der Waals surface area contributed by atoms with Gasteiger partial charge >= 0.3 is 11.9 Å². The Bertz CT molecular complexity index is 642. The van der Waals surface area contributed by atoms with Gasteiger partial charge in [0.15, 0.2) is 5.25 Å². The minimum Gasteiger partial charge on any atom is -0.478 e. The predicted octanol–water partition coefficient (Wildman–Crippen LogP) is 1.45. The SMILES string of the molecule is COC(=O)C(C)S(=O)(=O)Nc1cc(Br)ccc1C(=O)O. The highest BCUT2D eigenvalue weighted by atomic mass is 79.9. The van der Waals surface area contributed by atoms with Gasteiger partial charge in [-0.15, -0.1) is 0 Å². The number of ether oxygens (including phenoxy) is 1. The van der Waals surface area contributed by atoms with Crippen LogP contribution in [0.2, 0.25) is 0 Å². The smallest absolute Gasteiger partial charge is 0.337 e. The molecule has 1 rings (SSSR count). The first-order valence-electron chi connectivity index (χ1n) is 5.31. The lowest BCUT2D eigenvalue weighted by Gasteiger charge is -2.14. The molecule has 1 aromatic carbocycles. The van der Waals surface area contributed by atoms with Crippen molar-refractivity contribution in [2.24, 2.45) is 0 Å². The van der Waals surface area contributed by atoms with E-state index in [0.717, 1.165) is 14.0 Å². The Morgan fingerprint density at radius 1 is 1.40 bits per heavy atom. The molecule has 0 bridgehead atoms. The van der Waals surface area contributed by atoms with Crippen LogP contribution in [-0.4, -0.2) is 37.8 Å². The molecule has 0 aliphatic carbocycles. The summed E-state index contributed by atoms with van der Waals surface area (Å²) in [5, 5.41) is 7.54. The molecule has 0 saturated heterocycles. The number of esters is 1. The summed E-state index contributed by atoms with van der Waals surface area (Å²) in [5.41, 5.74) is -0.364. The Morgan fingerprint density at radius 2 is 2.00 bits per heavy atom. The van der Waals surface area contributed by atoms with E-state index in [2.05, 4.69) is 25.4 Å². The van der Waals surface area contributed by atoms with Crippen LogP contribution in [-0.2, 0) is 19.6 Å². The molecule has 2 N–H and O–H groups in total. The van der Waals surface area contributed by atoms with Crippen LogP contribution in [0.1, 0.15) is 17.3 Å². The van der Waals surface area contributed by atoms with Crippen molar-refractivity contribution < 1.29 is 27.9 Å². The molecule has 0 aromatic heterocycles. The molecule has 0 saturated carbocycles. The number of halogens is 1. The van der Waals surface area contributed by atoms with Crippen molar-refractivity contribution in [3.63, 3.8) is 0 Å². The summed E-state index contributed by atoms with van der Waals surface area (Å²) in [6.45, 7) is 1.15. The maximum atomic E-state index is 12.0. The molecule has 0 heterocycles. The quantitative estimate of drug-likeness (QED) is 0.764. The van der Waals surface area contributed by atoms with Crippen molar-refractivity contribution in [2.45, 2.75) is 12.2 Å². The number of nitrogens with one attached hydrogen (secondary N) is 1. The number of carboxylic acid groups (broad SMARTS) is 1. The van der Waals surface area contributed by atoms with Crippen molar-refractivity contribution in [2.75, 3.05) is 11.8 Å². The first-order valence-corrected chi connectivity index (χ1v) is 7.65. The average Bonchev–Trinajstić information content (AvgIpc) is 2.36. The number of anilines is 1. The van der Waals surface area contributed by atoms with Gasteiger partial charge in [-0.3, -0.25) is 9.52 Å². The molecule has 1 atom stereocenters. The first-order chi connectivity index (χ1) is 9.19. The van der Waals surface area contributed by atoms with E-state index >= 15 is 0 Å². The van der Waals surface area contributed by atoms with Gasteiger partial charge in [0.05, 0.1) is 18.4 Å². The Kier molecular flexibility index (Phi) is 5.12. The third-order valence-corrected chi connectivity index (χ3v) is 4.58. The number of aromatic carboxylic acids is 1. The molecule has 7 nitrogen and oxygen atoms in total. The monoisotopic (exact) mass is 365 g/mol. The summed E-state index contributed by atoms with van der Waals surface area (Å²) < 4.78 is 30.9. The summed E-state index contributed by atoms with van der Waals surface area (Å²) in [5.74, 6) is -2.23. The number of methoxy groups -OCH3 is 1. The summed E-state index contributed by atoms with van der Waals surface area (Å²) in [7, 11) is -3.04. The zero-order valence-corrected chi connectivity index (χ0v) is 13.0. The van der Waals surface area contributed by atoms with Gasteiger partial charge < -0.3 is 9.84 Å². The van der Waals surface area contributed by atoms with Crippen LogP contribution in [0.25, 0.3) is 0 Å². The van der Waals surface area contributed by atoms with Crippen LogP contribution in [0.5, 0.6) is 0 Å². The van der Waals surface area contributed by atoms with E-state index in [1.165, 1.54) is 18.2 Å².